The Labute approximate surface area is 186 Å². The molecule has 0 aliphatic rings. The Morgan fingerprint density at radius 3 is 2.09 bits per heavy atom. The van der Waals surface area contributed by atoms with Gasteiger partial charge in [0.2, 0.25) is 12.3 Å². The minimum atomic E-state index is -6.81. The topological polar surface area (TPSA) is 241 Å². The van der Waals surface area contributed by atoms with Crippen molar-refractivity contribution in [2.75, 3.05) is 10.0 Å². The number of hydrogen-bond donors (Lipinski definition) is 4. The van der Waals surface area contributed by atoms with E-state index >= 15 is 0 Å². The van der Waals surface area contributed by atoms with E-state index in [1.165, 1.54) is 4.72 Å². The second-order valence-corrected chi connectivity index (χ2v) is 22.2. The van der Waals surface area contributed by atoms with Crippen molar-refractivity contribution in [3.8, 4) is 0 Å². The van der Waals surface area contributed by atoms with Crippen LogP contribution in [0, 0.1) is 0 Å². The molecular formula is C11H14ClN3O12S5. The second kappa shape index (κ2) is 9.87. The summed E-state index contributed by atoms with van der Waals surface area (Å²) < 4.78 is 117. The van der Waals surface area contributed by atoms with Crippen LogP contribution >= 0.6 is 11.6 Å². The van der Waals surface area contributed by atoms with Crippen LogP contribution in [0.15, 0.2) is 18.2 Å². The summed E-state index contributed by atoms with van der Waals surface area (Å²) in [5, 5.41) is 4.20. The SMILES string of the molecule is CCC(NC=O)C(=O)Nc1cc(NS(=O)(=O)S(=O)(=O)S(=O)(=O)S(=O)(=O)[SH](=O)=O)ccc1Cl. The number of carbonyl (C=O) groups is 2. The number of benzene rings is 1. The minimum Gasteiger partial charge on any atom is -0.347 e. The number of carbonyl (C=O) groups excluding carboxylic acids is 2. The Balaban J connectivity index is 3.40. The molecule has 0 aliphatic heterocycles. The largest absolute Gasteiger partial charge is 0.390 e. The maximum Gasteiger partial charge on any atom is 0.390 e. The normalized spacial score (nSPS) is 13.8. The molecule has 2 amide bonds. The molecule has 0 saturated carbocycles. The third kappa shape index (κ3) is 5.31. The molecule has 0 aliphatic carbocycles. The van der Waals surface area contributed by atoms with Gasteiger partial charge in [-0.25, -0.2) is 8.42 Å². The fraction of sp³-hybridized carbons (Fsp3) is 0.273. The highest BCUT2D eigenvalue weighted by Gasteiger charge is 2.53. The fourth-order valence-corrected chi connectivity index (χ4v) is 19.5. The Bertz CT molecular complexity index is 1420. The van der Waals surface area contributed by atoms with Crippen molar-refractivity contribution in [3.63, 3.8) is 0 Å². The van der Waals surface area contributed by atoms with Gasteiger partial charge in [0.15, 0.2) is 0 Å². The van der Waals surface area contributed by atoms with E-state index in [0.717, 1.165) is 18.2 Å². The standard InChI is InChI=1S/C11H14ClN3O12S5/c1-2-9(13-6-16)11(17)14-10-5-7(3-4-8(10)12)15-29(20,21)31(24,25)32(26,27)30(22,23)28(18)19/h3-6,9,15,28H,2H2,1H3,(H,13,16)(H,14,17). The fourth-order valence-electron chi connectivity index (χ4n) is 1.85. The van der Waals surface area contributed by atoms with Crippen LogP contribution < -0.4 is 15.4 Å². The Morgan fingerprint density at radius 1 is 1.06 bits per heavy atom. The predicted octanol–water partition coefficient (Wildman–Crippen LogP) is -1.94. The third-order valence-electron chi connectivity index (χ3n) is 3.42. The first-order valence-electron chi connectivity index (χ1n) is 7.68. The molecule has 0 heterocycles. The number of nitrogens with one attached hydrogen (secondary N) is 3. The van der Waals surface area contributed by atoms with Crippen molar-refractivity contribution in [3.05, 3.63) is 23.2 Å². The third-order valence-corrected chi connectivity index (χ3v) is 23.2. The molecule has 0 aromatic heterocycles. The van der Waals surface area contributed by atoms with E-state index < -0.39 is 60.1 Å². The first-order chi connectivity index (χ1) is 14.5. The number of amides is 2. The van der Waals surface area contributed by atoms with Gasteiger partial charge in [0, 0.05) is 0 Å². The molecule has 1 atom stereocenters. The lowest BCUT2D eigenvalue weighted by molar-refractivity contribution is -0.121. The summed E-state index contributed by atoms with van der Waals surface area (Å²) in [4.78, 5) is 22.6. The molecule has 32 heavy (non-hydrogen) atoms. The van der Waals surface area contributed by atoms with Gasteiger partial charge in [-0.1, -0.05) is 18.5 Å². The van der Waals surface area contributed by atoms with E-state index in [2.05, 4.69) is 10.6 Å². The number of thiol groups is 1. The van der Waals surface area contributed by atoms with Gasteiger partial charge < -0.3 is 10.6 Å². The molecule has 1 aromatic carbocycles. The van der Waals surface area contributed by atoms with Gasteiger partial charge in [-0.05, 0) is 24.6 Å². The summed E-state index contributed by atoms with van der Waals surface area (Å²) in [6.07, 6.45) is 0.385. The van der Waals surface area contributed by atoms with E-state index in [4.69, 9.17) is 11.6 Å². The Kier molecular flexibility index (Phi) is 8.64. The number of halogens is 1. The van der Waals surface area contributed by atoms with Crippen LogP contribution in [0.3, 0.4) is 0 Å². The minimum absolute atomic E-state index is 0.140. The first-order valence-corrected chi connectivity index (χ1v) is 17.3. The van der Waals surface area contributed by atoms with Gasteiger partial charge in [0.25, 0.3) is 9.74 Å². The lowest BCUT2D eigenvalue weighted by Gasteiger charge is -2.16. The van der Waals surface area contributed by atoms with E-state index in [1.54, 1.807) is 6.92 Å². The average Bonchev–Trinajstić information content (AvgIpc) is 2.67. The van der Waals surface area contributed by atoms with Crippen LogP contribution in [0.4, 0.5) is 11.4 Å². The summed E-state index contributed by atoms with van der Waals surface area (Å²) in [5.41, 5.74) is -1.01. The molecule has 0 spiro atoms. The Hall–Kier alpha value is -2.00. The summed E-state index contributed by atoms with van der Waals surface area (Å²) >= 11 is 5.85. The molecule has 21 heteroatoms. The van der Waals surface area contributed by atoms with Crippen molar-refractivity contribution >= 4 is 77.8 Å². The van der Waals surface area contributed by atoms with Crippen molar-refractivity contribution in [1.82, 2.24) is 5.32 Å². The quantitative estimate of drug-likeness (QED) is 0.128. The van der Waals surface area contributed by atoms with Crippen molar-refractivity contribution in [2.24, 2.45) is 0 Å². The van der Waals surface area contributed by atoms with Crippen LogP contribution in [0.1, 0.15) is 13.3 Å². The lowest BCUT2D eigenvalue weighted by atomic mass is 10.2. The zero-order valence-corrected chi connectivity index (χ0v) is 20.4. The molecule has 3 N–H and O–H groups in total. The van der Waals surface area contributed by atoms with Gasteiger partial charge in [0.1, 0.15) is 6.04 Å². The van der Waals surface area contributed by atoms with Crippen LogP contribution in [0.2, 0.25) is 5.02 Å². The van der Waals surface area contributed by atoms with Crippen molar-refractivity contribution < 1.29 is 51.7 Å². The summed E-state index contributed by atoms with van der Waals surface area (Å²) in [6, 6.07) is 1.50. The van der Waals surface area contributed by atoms with E-state index in [9.17, 15) is 51.7 Å². The summed E-state index contributed by atoms with van der Waals surface area (Å²) in [6.45, 7) is 1.54. The molecule has 0 radical (unpaired) electrons. The molecule has 1 rings (SSSR count). The van der Waals surface area contributed by atoms with Gasteiger partial charge in [-0.3, -0.25) is 14.3 Å². The monoisotopic (exact) mass is 575 g/mol. The maximum atomic E-state index is 12.1. The first kappa shape index (κ1) is 28.0. The highest BCUT2D eigenvalue weighted by Crippen LogP contribution is 2.28. The average molecular weight is 576 g/mol. The van der Waals surface area contributed by atoms with E-state index in [-0.39, 0.29) is 23.5 Å². The van der Waals surface area contributed by atoms with Crippen LogP contribution in [0.5, 0.6) is 0 Å². The molecule has 1 aromatic rings. The molecule has 0 bridgehead atoms. The molecule has 15 nitrogen and oxygen atoms in total. The van der Waals surface area contributed by atoms with Crippen molar-refractivity contribution in [2.45, 2.75) is 19.4 Å². The lowest BCUT2D eigenvalue weighted by Crippen LogP contribution is -2.39. The molecule has 1 unspecified atom stereocenters. The van der Waals surface area contributed by atoms with Gasteiger partial charge >= 0.3 is 32.8 Å². The van der Waals surface area contributed by atoms with Gasteiger partial charge in [0.05, 0.1) is 16.4 Å². The van der Waals surface area contributed by atoms with Gasteiger partial charge in [-0.2, -0.15) is 33.7 Å². The number of anilines is 2. The highest BCUT2D eigenvalue weighted by molar-refractivity contribution is 9.23. The highest BCUT2D eigenvalue weighted by atomic mass is 35.5. The number of rotatable bonds is 11. The van der Waals surface area contributed by atoms with Crippen molar-refractivity contribution in [1.29, 1.82) is 0 Å². The summed E-state index contributed by atoms with van der Waals surface area (Å²) in [5.74, 6) is -0.804. The van der Waals surface area contributed by atoms with E-state index in [1.807, 2.05) is 0 Å². The summed E-state index contributed by atoms with van der Waals surface area (Å²) in [7, 11) is -31.0. The van der Waals surface area contributed by atoms with Crippen LogP contribution in [-0.2, 0) is 52.1 Å². The van der Waals surface area contributed by atoms with Crippen LogP contribution in [-0.4, -0.2) is 60.4 Å². The van der Waals surface area contributed by atoms with E-state index in [0.29, 0.717) is 0 Å². The zero-order chi connectivity index (χ0) is 25.1. The zero-order valence-electron chi connectivity index (χ0n) is 15.5. The Morgan fingerprint density at radius 2 is 1.62 bits per heavy atom. The smallest absolute Gasteiger partial charge is 0.347 e. The van der Waals surface area contributed by atoms with Gasteiger partial charge in [-0.15, -0.1) is 0 Å². The number of hydrogen-bond acceptors (Lipinski definition) is 12. The van der Waals surface area contributed by atoms with Crippen LogP contribution in [0.25, 0.3) is 0 Å². The maximum absolute atomic E-state index is 12.1. The second-order valence-electron chi connectivity index (χ2n) is 5.45. The molecular weight excluding hydrogens is 562 g/mol. The predicted molar refractivity (Wildman–Crippen MR) is 113 cm³/mol. The molecule has 0 saturated heterocycles. The molecule has 0 fully saturated rings. The molecule has 182 valence electrons.